The molecule has 7 heteroatoms. The predicted octanol–water partition coefficient (Wildman–Crippen LogP) is 4.13. The summed E-state index contributed by atoms with van der Waals surface area (Å²) in [4.78, 5) is 4.42. The molecule has 0 amide bonds. The summed E-state index contributed by atoms with van der Waals surface area (Å²) in [6.45, 7) is 0. The summed E-state index contributed by atoms with van der Waals surface area (Å²) in [5.74, 6) is 0.641. The summed E-state index contributed by atoms with van der Waals surface area (Å²) >= 11 is 1.05. The second kappa shape index (κ2) is 6.06. The molecule has 2 rings (SSSR count). The first-order chi connectivity index (χ1) is 9.94. The Balaban J connectivity index is 2.35. The van der Waals surface area contributed by atoms with Crippen LogP contribution in [0.25, 0.3) is 0 Å². The van der Waals surface area contributed by atoms with Crippen LogP contribution >= 0.6 is 11.8 Å². The third-order valence-electron chi connectivity index (χ3n) is 2.57. The van der Waals surface area contributed by atoms with E-state index in [-0.39, 0.29) is 10.6 Å². The third-order valence-corrected chi connectivity index (χ3v) is 3.61. The molecule has 0 fully saturated rings. The minimum absolute atomic E-state index is 0.0381. The summed E-state index contributed by atoms with van der Waals surface area (Å²) in [5, 5.41) is 8.95. The van der Waals surface area contributed by atoms with Crippen LogP contribution in [0.5, 0.6) is 5.75 Å². The SMILES string of the molecule is COc1ccc(Sc2cc(C(F)(F)F)cnc2C#N)cc1. The van der Waals surface area contributed by atoms with E-state index < -0.39 is 11.7 Å². The maximum Gasteiger partial charge on any atom is 0.417 e. The van der Waals surface area contributed by atoms with Crippen molar-refractivity contribution < 1.29 is 17.9 Å². The van der Waals surface area contributed by atoms with Gasteiger partial charge in [-0.1, -0.05) is 11.8 Å². The van der Waals surface area contributed by atoms with Crippen LogP contribution < -0.4 is 4.74 Å². The lowest BCUT2D eigenvalue weighted by molar-refractivity contribution is -0.138. The van der Waals surface area contributed by atoms with Gasteiger partial charge in [-0.25, -0.2) is 4.98 Å². The Hall–Kier alpha value is -2.20. The Morgan fingerprint density at radius 3 is 2.43 bits per heavy atom. The van der Waals surface area contributed by atoms with Crippen LogP contribution in [0.15, 0.2) is 46.3 Å². The smallest absolute Gasteiger partial charge is 0.417 e. The zero-order valence-electron chi connectivity index (χ0n) is 10.8. The average molecular weight is 310 g/mol. The number of nitriles is 1. The van der Waals surface area contributed by atoms with Gasteiger partial charge in [-0.05, 0) is 30.3 Å². The molecule has 1 aromatic heterocycles. The summed E-state index contributed by atoms with van der Waals surface area (Å²) < 4.78 is 43.1. The van der Waals surface area contributed by atoms with Gasteiger partial charge in [0.05, 0.1) is 12.7 Å². The largest absolute Gasteiger partial charge is 0.497 e. The zero-order valence-corrected chi connectivity index (χ0v) is 11.6. The number of nitrogens with zero attached hydrogens (tertiary/aromatic N) is 2. The van der Waals surface area contributed by atoms with E-state index >= 15 is 0 Å². The fourth-order valence-corrected chi connectivity index (χ4v) is 2.44. The van der Waals surface area contributed by atoms with Crippen molar-refractivity contribution in [1.82, 2.24) is 4.98 Å². The van der Waals surface area contributed by atoms with Gasteiger partial charge in [0.2, 0.25) is 0 Å². The number of benzene rings is 1. The molecule has 2 aromatic rings. The summed E-state index contributed by atoms with van der Waals surface area (Å²) in [6, 6.07) is 9.50. The molecule has 0 aliphatic carbocycles. The van der Waals surface area contributed by atoms with Gasteiger partial charge < -0.3 is 4.74 Å². The maximum absolute atomic E-state index is 12.7. The molecule has 0 aliphatic heterocycles. The molecule has 0 unspecified atom stereocenters. The molecule has 0 N–H and O–H groups in total. The van der Waals surface area contributed by atoms with Crippen LogP contribution in [0.2, 0.25) is 0 Å². The second-order valence-electron chi connectivity index (χ2n) is 3.96. The fourth-order valence-electron chi connectivity index (χ4n) is 1.53. The topological polar surface area (TPSA) is 45.9 Å². The highest BCUT2D eigenvalue weighted by atomic mass is 32.2. The second-order valence-corrected chi connectivity index (χ2v) is 5.07. The first kappa shape index (κ1) is 15.2. The molecule has 1 aromatic carbocycles. The van der Waals surface area contributed by atoms with Crippen molar-refractivity contribution in [2.75, 3.05) is 7.11 Å². The molecular weight excluding hydrogens is 301 g/mol. The number of aromatic nitrogens is 1. The van der Waals surface area contributed by atoms with Gasteiger partial charge >= 0.3 is 6.18 Å². The van der Waals surface area contributed by atoms with Crippen LogP contribution in [-0.2, 0) is 6.18 Å². The van der Waals surface area contributed by atoms with Gasteiger partial charge in [0.25, 0.3) is 0 Å². The van der Waals surface area contributed by atoms with E-state index in [0.717, 1.165) is 17.8 Å². The summed E-state index contributed by atoms with van der Waals surface area (Å²) in [7, 11) is 1.52. The number of hydrogen-bond acceptors (Lipinski definition) is 4. The molecule has 21 heavy (non-hydrogen) atoms. The third kappa shape index (κ3) is 3.67. The standard InChI is InChI=1S/C14H9F3N2OS/c1-20-10-2-4-11(5-3-10)21-13-6-9(14(15,16)17)8-19-12(13)7-18/h2-6,8H,1H3. The van der Waals surface area contributed by atoms with Crippen molar-refractivity contribution >= 4 is 11.8 Å². The molecule has 3 nitrogen and oxygen atoms in total. The maximum atomic E-state index is 12.7. The molecule has 1 heterocycles. The Bertz CT molecular complexity index is 678. The number of alkyl halides is 3. The van der Waals surface area contributed by atoms with E-state index in [1.54, 1.807) is 30.3 Å². The first-order valence-corrected chi connectivity index (χ1v) is 6.55. The molecule has 0 bridgehead atoms. The van der Waals surface area contributed by atoms with Gasteiger partial charge in [0.15, 0.2) is 5.69 Å². The highest BCUT2D eigenvalue weighted by Gasteiger charge is 2.31. The molecule has 0 aliphatic rings. The number of hydrogen-bond donors (Lipinski definition) is 0. The van der Waals surface area contributed by atoms with Crippen LogP contribution in [-0.4, -0.2) is 12.1 Å². The number of halogens is 3. The van der Waals surface area contributed by atoms with E-state index in [0.29, 0.717) is 16.8 Å². The molecule has 0 atom stereocenters. The van der Waals surface area contributed by atoms with Gasteiger partial charge in [-0.3, -0.25) is 0 Å². The Morgan fingerprint density at radius 1 is 1.24 bits per heavy atom. The van der Waals surface area contributed by atoms with Crippen molar-refractivity contribution in [3.8, 4) is 11.8 Å². The lowest BCUT2D eigenvalue weighted by Gasteiger charge is -2.09. The summed E-state index contributed by atoms with van der Waals surface area (Å²) in [5.41, 5.74) is -0.915. The van der Waals surface area contributed by atoms with Crippen LogP contribution in [0, 0.1) is 11.3 Å². The molecule has 108 valence electrons. The molecule has 0 spiro atoms. The van der Waals surface area contributed by atoms with Gasteiger partial charge in [0.1, 0.15) is 11.8 Å². The van der Waals surface area contributed by atoms with Crippen LogP contribution in [0.1, 0.15) is 11.3 Å². The minimum Gasteiger partial charge on any atom is -0.497 e. The van der Waals surface area contributed by atoms with Crippen LogP contribution in [0.4, 0.5) is 13.2 Å². The Labute approximate surface area is 123 Å². The quantitative estimate of drug-likeness (QED) is 0.855. The number of methoxy groups -OCH3 is 1. The molecule has 0 saturated carbocycles. The molecule has 0 radical (unpaired) electrons. The van der Waals surface area contributed by atoms with E-state index in [4.69, 9.17) is 10.00 Å². The van der Waals surface area contributed by atoms with Crippen molar-refractivity contribution in [1.29, 1.82) is 5.26 Å². The summed E-state index contributed by atoms with van der Waals surface area (Å²) in [6.07, 6.45) is -3.83. The number of pyridine rings is 1. The van der Waals surface area contributed by atoms with E-state index in [2.05, 4.69) is 4.98 Å². The van der Waals surface area contributed by atoms with Crippen LogP contribution in [0.3, 0.4) is 0 Å². The predicted molar refractivity (Wildman–Crippen MR) is 71.1 cm³/mol. The van der Waals surface area contributed by atoms with Crippen molar-refractivity contribution in [3.05, 3.63) is 47.8 Å². The highest BCUT2D eigenvalue weighted by Crippen LogP contribution is 2.35. The van der Waals surface area contributed by atoms with Gasteiger partial charge in [-0.15, -0.1) is 0 Å². The number of ether oxygens (including phenoxy) is 1. The monoisotopic (exact) mass is 310 g/mol. The fraction of sp³-hybridized carbons (Fsp3) is 0.143. The lowest BCUT2D eigenvalue weighted by Crippen LogP contribution is -2.06. The van der Waals surface area contributed by atoms with Crippen molar-refractivity contribution in [2.24, 2.45) is 0 Å². The van der Waals surface area contributed by atoms with E-state index in [1.165, 1.54) is 7.11 Å². The van der Waals surface area contributed by atoms with Gasteiger partial charge in [-0.2, -0.15) is 18.4 Å². The zero-order chi connectivity index (χ0) is 15.5. The molecule has 0 saturated heterocycles. The van der Waals surface area contributed by atoms with Crippen molar-refractivity contribution in [2.45, 2.75) is 16.0 Å². The van der Waals surface area contributed by atoms with Gasteiger partial charge in [0, 0.05) is 16.0 Å². The Morgan fingerprint density at radius 2 is 1.90 bits per heavy atom. The minimum atomic E-state index is -4.49. The highest BCUT2D eigenvalue weighted by molar-refractivity contribution is 7.99. The number of rotatable bonds is 3. The van der Waals surface area contributed by atoms with E-state index in [1.807, 2.05) is 0 Å². The Kier molecular flexibility index (Phi) is 4.38. The first-order valence-electron chi connectivity index (χ1n) is 5.73. The van der Waals surface area contributed by atoms with Crippen molar-refractivity contribution in [3.63, 3.8) is 0 Å². The van der Waals surface area contributed by atoms with E-state index in [9.17, 15) is 13.2 Å². The average Bonchev–Trinajstić information content (AvgIpc) is 2.47. The lowest BCUT2D eigenvalue weighted by atomic mass is 10.2. The normalized spacial score (nSPS) is 11.0. The molecular formula is C14H9F3N2OS.